The summed E-state index contributed by atoms with van der Waals surface area (Å²) in [5.74, 6) is 0. The zero-order chi connectivity index (χ0) is 11.7. The first-order valence-corrected chi connectivity index (χ1v) is 7.19. The van der Waals surface area contributed by atoms with Crippen LogP contribution < -0.4 is 0 Å². The molecule has 2 heteroatoms. The molecule has 0 amide bonds. The summed E-state index contributed by atoms with van der Waals surface area (Å²) < 4.78 is 1.13. The van der Waals surface area contributed by atoms with Crippen LogP contribution in [-0.2, 0) is 0 Å². The highest BCUT2D eigenvalue weighted by molar-refractivity contribution is 9.10. The van der Waals surface area contributed by atoms with Crippen LogP contribution in [0.5, 0.6) is 0 Å². The van der Waals surface area contributed by atoms with Gasteiger partial charge in [-0.15, -0.1) is 11.8 Å². The third kappa shape index (κ3) is 2.33. The maximum atomic E-state index is 3.47. The van der Waals surface area contributed by atoms with Crippen LogP contribution in [0.15, 0.2) is 64.0 Å². The van der Waals surface area contributed by atoms with E-state index in [2.05, 4.69) is 76.6 Å². The van der Waals surface area contributed by atoms with Gasteiger partial charge in [0, 0.05) is 9.37 Å². The van der Waals surface area contributed by atoms with E-state index in [0.29, 0.717) is 5.25 Å². The van der Waals surface area contributed by atoms with Gasteiger partial charge in [0.25, 0.3) is 0 Å². The van der Waals surface area contributed by atoms with E-state index in [1.807, 2.05) is 11.8 Å². The predicted octanol–water partition coefficient (Wildman–Crippen LogP) is 5.31. The Balaban J connectivity index is 1.92. The molecule has 0 nitrogen and oxygen atoms in total. The minimum atomic E-state index is 0.429. The minimum absolute atomic E-state index is 0.429. The molecule has 0 saturated carbocycles. The summed E-state index contributed by atoms with van der Waals surface area (Å²) in [6.07, 6.45) is 4.49. The molecule has 0 aliphatic carbocycles. The second-order valence-corrected chi connectivity index (χ2v) is 6.09. The van der Waals surface area contributed by atoms with Gasteiger partial charge >= 0.3 is 0 Å². The summed E-state index contributed by atoms with van der Waals surface area (Å²) in [4.78, 5) is 1.36. The lowest BCUT2D eigenvalue weighted by molar-refractivity contribution is 1.20. The molecule has 3 rings (SSSR count). The van der Waals surface area contributed by atoms with Crippen LogP contribution in [0.2, 0.25) is 0 Å². The largest absolute Gasteiger partial charge is 0.113 e. The molecule has 1 aliphatic rings. The molecule has 0 N–H and O–H groups in total. The van der Waals surface area contributed by atoms with E-state index < -0.39 is 0 Å². The minimum Gasteiger partial charge on any atom is -0.113 e. The van der Waals surface area contributed by atoms with Crippen molar-refractivity contribution in [2.75, 3.05) is 0 Å². The second kappa shape index (κ2) is 4.71. The van der Waals surface area contributed by atoms with Gasteiger partial charge < -0.3 is 0 Å². The highest BCUT2D eigenvalue weighted by Gasteiger charge is 2.15. The van der Waals surface area contributed by atoms with Gasteiger partial charge in [-0.3, -0.25) is 0 Å². The van der Waals surface area contributed by atoms with E-state index in [-0.39, 0.29) is 0 Å². The Morgan fingerprint density at radius 1 is 0.941 bits per heavy atom. The molecule has 17 heavy (non-hydrogen) atoms. The summed E-state index contributed by atoms with van der Waals surface area (Å²) >= 11 is 5.38. The SMILES string of the molecule is Brc1ccc([C@H]2C=Cc3ccccc3S2)cc1. The maximum absolute atomic E-state index is 3.47. The lowest BCUT2D eigenvalue weighted by Crippen LogP contribution is -1.95. The van der Waals surface area contributed by atoms with Crippen molar-refractivity contribution in [1.82, 2.24) is 0 Å². The van der Waals surface area contributed by atoms with Crippen molar-refractivity contribution in [2.45, 2.75) is 10.1 Å². The smallest absolute Gasteiger partial charge is 0.0528 e. The summed E-state index contributed by atoms with van der Waals surface area (Å²) in [5, 5.41) is 0.429. The monoisotopic (exact) mass is 302 g/mol. The number of fused-ring (bicyclic) bond motifs is 1. The summed E-state index contributed by atoms with van der Waals surface area (Å²) in [7, 11) is 0. The van der Waals surface area contributed by atoms with Crippen molar-refractivity contribution in [3.05, 3.63) is 70.2 Å². The molecular weight excluding hydrogens is 292 g/mol. The zero-order valence-electron chi connectivity index (χ0n) is 9.14. The average molecular weight is 303 g/mol. The summed E-state index contributed by atoms with van der Waals surface area (Å²) in [5.41, 5.74) is 2.68. The van der Waals surface area contributed by atoms with Gasteiger partial charge in [0.2, 0.25) is 0 Å². The standard InChI is InChI=1S/C15H11BrS/c16-13-8-5-12(6-9-13)15-10-7-11-3-1-2-4-14(11)17-15/h1-10,15H/t15-/m1/s1. The van der Waals surface area contributed by atoms with E-state index >= 15 is 0 Å². The van der Waals surface area contributed by atoms with E-state index in [0.717, 1.165) is 4.47 Å². The normalized spacial score (nSPS) is 17.8. The molecule has 0 unspecified atom stereocenters. The topological polar surface area (TPSA) is 0 Å². The van der Waals surface area contributed by atoms with Crippen LogP contribution in [-0.4, -0.2) is 0 Å². The fourth-order valence-electron chi connectivity index (χ4n) is 1.92. The fraction of sp³-hybridized carbons (Fsp3) is 0.0667. The van der Waals surface area contributed by atoms with Crippen LogP contribution in [0.25, 0.3) is 6.08 Å². The lowest BCUT2D eigenvalue weighted by atomic mass is 10.1. The van der Waals surface area contributed by atoms with Gasteiger partial charge in [-0.25, -0.2) is 0 Å². The molecule has 2 aromatic rings. The lowest BCUT2D eigenvalue weighted by Gasteiger charge is -2.19. The van der Waals surface area contributed by atoms with Gasteiger partial charge in [-0.05, 0) is 29.3 Å². The van der Waals surface area contributed by atoms with Crippen molar-refractivity contribution < 1.29 is 0 Å². The van der Waals surface area contributed by atoms with Crippen molar-refractivity contribution in [3.63, 3.8) is 0 Å². The Morgan fingerprint density at radius 3 is 2.53 bits per heavy atom. The second-order valence-electron chi connectivity index (χ2n) is 3.99. The zero-order valence-corrected chi connectivity index (χ0v) is 11.5. The van der Waals surface area contributed by atoms with Crippen LogP contribution in [0.4, 0.5) is 0 Å². The van der Waals surface area contributed by atoms with Crippen LogP contribution in [0, 0.1) is 0 Å². The van der Waals surface area contributed by atoms with E-state index in [9.17, 15) is 0 Å². The van der Waals surface area contributed by atoms with Gasteiger partial charge in [-0.2, -0.15) is 0 Å². The molecule has 84 valence electrons. The first-order valence-electron chi connectivity index (χ1n) is 5.52. The molecule has 0 spiro atoms. The molecule has 1 aliphatic heterocycles. The summed E-state index contributed by atoms with van der Waals surface area (Å²) in [6, 6.07) is 17.1. The van der Waals surface area contributed by atoms with Crippen molar-refractivity contribution in [2.24, 2.45) is 0 Å². The first-order chi connectivity index (χ1) is 8.33. The first kappa shape index (κ1) is 11.1. The Kier molecular flexibility index (Phi) is 3.08. The highest BCUT2D eigenvalue weighted by atomic mass is 79.9. The maximum Gasteiger partial charge on any atom is 0.0528 e. The van der Waals surface area contributed by atoms with Gasteiger partial charge in [0.15, 0.2) is 0 Å². The number of hydrogen-bond donors (Lipinski definition) is 0. The quantitative estimate of drug-likeness (QED) is 0.688. The number of thioether (sulfide) groups is 1. The fourth-order valence-corrected chi connectivity index (χ4v) is 3.34. The van der Waals surface area contributed by atoms with Gasteiger partial charge in [0.05, 0.1) is 5.25 Å². The third-order valence-electron chi connectivity index (χ3n) is 2.82. The molecule has 0 aromatic heterocycles. The average Bonchev–Trinajstić information content (AvgIpc) is 2.39. The molecule has 0 saturated heterocycles. The Bertz CT molecular complexity index is 557. The Morgan fingerprint density at radius 2 is 1.71 bits per heavy atom. The number of hydrogen-bond acceptors (Lipinski definition) is 1. The summed E-state index contributed by atoms with van der Waals surface area (Å²) in [6.45, 7) is 0. The number of halogens is 1. The van der Waals surface area contributed by atoms with Gasteiger partial charge in [0.1, 0.15) is 0 Å². The van der Waals surface area contributed by atoms with Crippen molar-refractivity contribution >= 4 is 33.8 Å². The molecule has 0 radical (unpaired) electrons. The van der Waals surface area contributed by atoms with Crippen molar-refractivity contribution in [3.8, 4) is 0 Å². The van der Waals surface area contributed by atoms with Crippen LogP contribution in [0.3, 0.4) is 0 Å². The van der Waals surface area contributed by atoms with E-state index in [1.165, 1.54) is 16.0 Å². The number of benzene rings is 2. The number of rotatable bonds is 1. The van der Waals surface area contributed by atoms with Gasteiger partial charge in [-0.1, -0.05) is 58.4 Å². The Hall–Kier alpha value is -0.990. The molecule has 0 bridgehead atoms. The molecular formula is C15H11BrS. The molecule has 2 aromatic carbocycles. The third-order valence-corrected chi connectivity index (χ3v) is 4.66. The van der Waals surface area contributed by atoms with Crippen LogP contribution >= 0.6 is 27.7 Å². The van der Waals surface area contributed by atoms with Crippen LogP contribution in [0.1, 0.15) is 16.4 Å². The molecule has 1 heterocycles. The predicted molar refractivity (Wildman–Crippen MR) is 78.2 cm³/mol. The highest BCUT2D eigenvalue weighted by Crippen LogP contribution is 2.42. The van der Waals surface area contributed by atoms with E-state index in [4.69, 9.17) is 0 Å². The van der Waals surface area contributed by atoms with E-state index in [1.54, 1.807) is 0 Å². The Labute approximate surface area is 114 Å². The molecule has 1 atom stereocenters. The van der Waals surface area contributed by atoms with Crippen molar-refractivity contribution in [1.29, 1.82) is 0 Å². The molecule has 0 fully saturated rings.